The van der Waals surface area contributed by atoms with Gasteiger partial charge < -0.3 is 11.1 Å². The number of benzene rings is 1. The molecule has 0 fully saturated rings. The number of rotatable bonds is 6. The summed E-state index contributed by atoms with van der Waals surface area (Å²) in [6, 6.07) is 9.53. The van der Waals surface area contributed by atoms with Crippen molar-refractivity contribution in [3.05, 3.63) is 30.3 Å². The predicted octanol–water partition coefficient (Wildman–Crippen LogP) is 2.39. The number of anilines is 1. The molecule has 0 bridgehead atoms. The second-order valence-corrected chi connectivity index (χ2v) is 3.92. The number of nitrogens with one attached hydrogen (secondary N) is 1. The van der Waals surface area contributed by atoms with E-state index in [-0.39, 0.29) is 11.8 Å². The third-order valence-electron chi connectivity index (χ3n) is 2.56. The van der Waals surface area contributed by atoms with Crippen molar-refractivity contribution in [3.8, 4) is 0 Å². The van der Waals surface area contributed by atoms with Gasteiger partial charge in [-0.25, -0.2) is 0 Å². The first-order valence-corrected chi connectivity index (χ1v) is 5.84. The molecule has 0 saturated carbocycles. The summed E-state index contributed by atoms with van der Waals surface area (Å²) in [4.78, 5) is 11.9. The van der Waals surface area contributed by atoms with Crippen LogP contribution in [0.3, 0.4) is 0 Å². The molecule has 0 radical (unpaired) electrons. The monoisotopic (exact) mass is 220 g/mol. The molecule has 16 heavy (non-hydrogen) atoms. The first-order chi connectivity index (χ1) is 7.77. The second-order valence-electron chi connectivity index (χ2n) is 3.92. The molecule has 3 heteroatoms. The van der Waals surface area contributed by atoms with Gasteiger partial charge in [0.1, 0.15) is 0 Å². The van der Waals surface area contributed by atoms with Crippen LogP contribution in [0.1, 0.15) is 26.2 Å². The molecule has 1 atom stereocenters. The summed E-state index contributed by atoms with van der Waals surface area (Å²) >= 11 is 0. The van der Waals surface area contributed by atoms with Gasteiger partial charge in [-0.15, -0.1) is 0 Å². The van der Waals surface area contributed by atoms with E-state index in [1.165, 1.54) is 0 Å². The zero-order chi connectivity index (χ0) is 11.8. The van der Waals surface area contributed by atoms with E-state index in [1.807, 2.05) is 30.3 Å². The van der Waals surface area contributed by atoms with Gasteiger partial charge in [0.15, 0.2) is 0 Å². The molecule has 3 nitrogen and oxygen atoms in total. The Kier molecular flexibility index (Phi) is 5.57. The number of hydrogen-bond donors (Lipinski definition) is 2. The van der Waals surface area contributed by atoms with Crippen LogP contribution < -0.4 is 11.1 Å². The van der Waals surface area contributed by atoms with Gasteiger partial charge in [-0.05, 0) is 31.5 Å². The summed E-state index contributed by atoms with van der Waals surface area (Å²) in [7, 11) is 0. The van der Waals surface area contributed by atoms with Gasteiger partial charge in [0, 0.05) is 11.6 Å². The summed E-state index contributed by atoms with van der Waals surface area (Å²) in [5.74, 6) is 0.119. The van der Waals surface area contributed by atoms with E-state index >= 15 is 0 Å². The Labute approximate surface area is 97.0 Å². The average Bonchev–Trinajstić information content (AvgIpc) is 2.30. The van der Waals surface area contributed by atoms with Crippen LogP contribution in [0, 0.1) is 5.92 Å². The molecule has 0 aliphatic heterocycles. The molecule has 0 heterocycles. The normalized spacial score (nSPS) is 12.1. The highest BCUT2D eigenvalue weighted by Gasteiger charge is 2.16. The van der Waals surface area contributed by atoms with Gasteiger partial charge >= 0.3 is 0 Å². The number of amides is 1. The molecular formula is C13H20N2O. The van der Waals surface area contributed by atoms with Crippen molar-refractivity contribution in [2.45, 2.75) is 26.2 Å². The lowest BCUT2D eigenvalue weighted by molar-refractivity contribution is -0.120. The highest BCUT2D eigenvalue weighted by Crippen LogP contribution is 2.14. The Hall–Kier alpha value is -1.35. The van der Waals surface area contributed by atoms with Gasteiger partial charge in [0.2, 0.25) is 5.91 Å². The van der Waals surface area contributed by atoms with Crippen molar-refractivity contribution in [2.24, 2.45) is 11.7 Å². The number of carbonyl (C=O) groups is 1. The lowest BCUT2D eigenvalue weighted by Gasteiger charge is -2.14. The largest absolute Gasteiger partial charge is 0.330 e. The topological polar surface area (TPSA) is 55.1 Å². The van der Waals surface area contributed by atoms with Crippen molar-refractivity contribution in [2.75, 3.05) is 11.9 Å². The molecule has 0 aliphatic rings. The molecule has 1 aromatic carbocycles. The summed E-state index contributed by atoms with van der Waals surface area (Å²) < 4.78 is 0. The Bertz CT molecular complexity index is 305. The lowest BCUT2D eigenvalue weighted by Crippen LogP contribution is -2.25. The molecular weight excluding hydrogens is 200 g/mol. The Balaban J connectivity index is 2.55. The van der Waals surface area contributed by atoms with Crippen molar-refractivity contribution >= 4 is 11.6 Å². The van der Waals surface area contributed by atoms with Crippen LogP contribution in [0.4, 0.5) is 5.69 Å². The standard InChI is InChI=1S/C13H20N2O/c1-2-6-11(9-10-14)13(16)15-12-7-4-3-5-8-12/h3-5,7-8,11H,2,6,9-10,14H2,1H3,(H,15,16). The first-order valence-electron chi connectivity index (χ1n) is 5.84. The SMILES string of the molecule is CCCC(CCN)C(=O)Nc1ccccc1. The zero-order valence-electron chi connectivity index (χ0n) is 9.78. The van der Waals surface area contributed by atoms with E-state index in [1.54, 1.807) is 0 Å². The van der Waals surface area contributed by atoms with Crippen LogP contribution in [-0.2, 0) is 4.79 Å². The average molecular weight is 220 g/mol. The van der Waals surface area contributed by atoms with E-state index < -0.39 is 0 Å². The predicted molar refractivity (Wildman–Crippen MR) is 67.1 cm³/mol. The Morgan fingerprint density at radius 3 is 2.56 bits per heavy atom. The van der Waals surface area contributed by atoms with E-state index in [4.69, 9.17) is 5.73 Å². The lowest BCUT2D eigenvalue weighted by atomic mass is 9.99. The van der Waals surface area contributed by atoms with E-state index in [2.05, 4.69) is 12.2 Å². The van der Waals surface area contributed by atoms with E-state index in [9.17, 15) is 4.79 Å². The quantitative estimate of drug-likeness (QED) is 0.773. The summed E-state index contributed by atoms with van der Waals surface area (Å²) in [5.41, 5.74) is 6.36. The van der Waals surface area contributed by atoms with Crippen LogP contribution in [0.5, 0.6) is 0 Å². The number of carbonyl (C=O) groups excluding carboxylic acids is 1. The zero-order valence-corrected chi connectivity index (χ0v) is 9.78. The fraction of sp³-hybridized carbons (Fsp3) is 0.462. The highest BCUT2D eigenvalue weighted by molar-refractivity contribution is 5.92. The maximum atomic E-state index is 11.9. The number of para-hydroxylation sites is 1. The molecule has 88 valence electrons. The van der Waals surface area contributed by atoms with Crippen LogP contribution in [0.2, 0.25) is 0 Å². The van der Waals surface area contributed by atoms with Gasteiger partial charge in [-0.3, -0.25) is 4.79 Å². The minimum absolute atomic E-state index is 0.0372. The van der Waals surface area contributed by atoms with Gasteiger partial charge in [0.25, 0.3) is 0 Å². The van der Waals surface area contributed by atoms with Crippen LogP contribution in [0.25, 0.3) is 0 Å². The molecule has 1 amide bonds. The van der Waals surface area contributed by atoms with Crippen LogP contribution >= 0.6 is 0 Å². The molecule has 0 saturated heterocycles. The molecule has 1 aromatic rings. The number of nitrogens with two attached hydrogens (primary N) is 1. The van der Waals surface area contributed by atoms with Crippen molar-refractivity contribution in [1.29, 1.82) is 0 Å². The second kappa shape index (κ2) is 7.01. The smallest absolute Gasteiger partial charge is 0.227 e. The molecule has 3 N–H and O–H groups in total. The van der Waals surface area contributed by atoms with E-state index in [0.717, 1.165) is 24.9 Å². The van der Waals surface area contributed by atoms with Crippen molar-refractivity contribution in [1.82, 2.24) is 0 Å². The van der Waals surface area contributed by atoms with Crippen LogP contribution in [0.15, 0.2) is 30.3 Å². The third kappa shape index (κ3) is 4.03. The van der Waals surface area contributed by atoms with Gasteiger partial charge in [-0.1, -0.05) is 31.5 Å². The first kappa shape index (κ1) is 12.7. The Morgan fingerprint density at radius 1 is 1.31 bits per heavy atom. The molecule has 0 aromatic heterocycles. The molecule has 0 spiro atoms. The summed E-state index contributed by atoms with van der Waals surface area (Å²) in [5, 5.41) is 2.92. The van der Waals surface area contributed by atoms with Crippen molar-refractivity contribution in [3.63, 3.8) is 0 Å². The highest BCUT2D eigenvalue weighted by atomic mass is 16.1. The van der Waals surface area contributed by atoms with Gasteiger partial charge in [-0.2, -0.15) is 0 Å². The van der Waals surface area contributed by atoms with Gasteiger partial charge in [0.05, 0.1) is 0 Å². The minimum Gasteiger partial charge on any atom is -0.330 e. The maximum Gasteiger partial charge on any atom is 0.227 e. The third-order valence-corrected chi connectivity index (χ3v) is 2.56. The minimum atomic E-state index is 0.0372. The van der Waals surface area contributed by atoms with E-state index in [0.29, 0.717) is 6.54 Å². The van der Waals surface area contributed by atoms with Crippen molar-refractivity contribution < 1.29 is 4.79 Å². The molecule has 0 aliphatic carbocycles. The van der Waals surface area contributed by atoms with Crippen LogP contribution in [-0.4, -0.2) is 12.5 Å². The fourth-order valence-corrected chi connectivity index (χ4v) is 1.72. The summed E-state index contributed by atoms with van der Waals surface area (Å²) in [6.45, 7) is 2.65. The fourth-order valence-electron chi connectivity index (χ4n) is 1.72. The molecule has 1 rings (SSSR count). The molecule has 1 unspecified atom stereocenters. The maximum absolute atomic E-state index is 11.9. The number of hydrogen-bond acceptors (Lipinski definition) is 2. The summed E-state index contributed by atoms with van der Waals surface area (Å²) in [6.07, 6.45) is 2.66. The Morgan fingerprint density at radius 2 is 2.00 bits per heavy atom.